The number of alkyl halides is 1. The fourth-order valence-corrected chi connectivity index (χ4v) is 2.19. The van der Waals surface area contributed by atoms with Crippen LogP contribution in [0.2, 0.25) is 0 Å². The largest absolute Gasteiger partial charge is 0.307 e. The Morgan fingerprint density at radius 2 is 2.15 bits per heavy atom. The third kappa shape index (κ3) is 3.90. The summed E-state index contributed by atoms with van der Waals surface area (Å²) in [7, 11) is 0. The van der Waals surface area contributed by atoms with Crippen molar-refractivity contribution < 1.29 is 4.39 Å². The maximum Gasteiger partial charge on any atom is 0.109 e. The maximum atomic E-state index is 12.2. The van der Waals surface area contributed by atoms with Crippen LogP contribution >= 0.6 is 0 Å². The van der Waals surface area contributed by atoms with Crippen LogP contribution in [0.3, 0.4) is 0 Å². The van der Waals surface area contributed by atoms with Gasteiger partial charge in [-0.25, -0.2) is 4.39 Å². The lowest BCUT2D eigenvalue weighted by atomic mass is 10.3. The van der Waals surface area contributed by atoms with Gasteiger partial charge in [0.15, 0.2) is 0 Å². The summed E-state index contributed by atoms with van der Waals surface area (Å²) in [5, 5.41) is 12.0. The molecule has 20 heavy (non-hydrogen) atoms. The number of nitrogens with one attached hydrogen (secondary N) is 1. The molecule has 2 rings (SSSR count). The van der Waals surface area contributed by atoms with Crippen molar-refractivity contribution >= 4 is 0 Å². The molecule has 0 aromatic carbocycles. The standard InChI is InChI=1S/C14H22FN5/c1-3-5-20-14(7-12(2)18-20)10-16-8-13-9-17-19(11-13)6-4-15/h7,9,11,16H,3-6,8,10H2,1-2H3. The van der Waals surface area contributed by atoms with Gasteiger partial charge in [-0.1, -0.05) is 6.92 Å². The summed E-state index contributed by atoms with van der Waals surface area (Å²) in [6.45, 7) is 6.54. The van der Waals surface area contributed by atoms with Crippen molar-refractivity contribution in [3.63, 3.8) is 0 Å². The molecule has 0 aliphatic rings. The number of aryl methyl sites for hydroxylation is 3. The van der Waals surface area contributed by atoms with Gasteiger partial charge in [0.05, 0.1) is 24.1 Å². The molecule has 0 aliphatic heterocycles. The molecule has 0 fully saturated rings. The number of hydrogen-bond donors (Lipinski definition) is 1. The van der Waals surface area contributed by atoms with Crippen molar-refractivity contribution in [2.45, 2.75) is 46.4 Å². The average Bonchev–Trinajstić information content (AvgIpc) is 2.98. The Labute approximate surface area is 118 Å². The first kappa shape index (κ1) is 14.7. The zero-order valence-corrected chi connectivity index (χ0v) is 12.1. The smallest absolute Gasteiger partial charge is 0.109 e. The van der Waals surface area contributed by atoms with Crippen LogP contribution in [0.1, 0.15) is 30.3 Å². The van der Waals surface area contributed by atoms with E-state index in [2.05, 4.69) is 33.2 Å². The van der Waals surface area contributed by atoms with E-state index in [1.54, 1.807) is 10.9 Å². The molecular formula is C14H22FN5. The summed E-state index contributed by atoms with van der Waals surface area (Å²) < 4.78 is 15.9. The van der Waals surface area contributed by atoms with Crippen LogP contribution in [0.4, 0.5) is 4.39 Å². The highest BCUT2D eigenvalue weighted by Gasteiger charge is 2.05. The van der Waals surface area contributed by atoms with E-state index in [1.165, 1.54) is 5.69 Å². The second kappa shape index (κ2) is 7.19. The fraction of sp³-hybridized carbons (Fsp3) is 0.571. The summed E-state index contributed by atoms with van der Waals surface area (Å²) in [4.78, 5) is 0. The zero-order chi connectivity index (χ0) is 14.4. The van der Waals surface area contributed by atoms with Crippen molar-refractivity contribution in [3.05, 3.63) is 35.4 Å². The van der Waals surface area contributed by atoms with Crippen LogP contribution in [0.15, 0.2) is 18.5 Å². The highest BCUT2D eigenvalue weighted by Crippen LogP contribution is 2.05. The molecule has 0 atom stereocenters. The summed E-state index contributed by atoms with van der Waals surface area (Å²) in [5.74, 6) is 0. The van der Waals surface area contributed by atoms with Crippen LogP contribution in [0.5, 0.6) is 0 Å². The number of nitrogens with zero attached hydrogens (tertiary/aromatic N) is 4. The van der Waals surface area contributed by atoms with Crippen LogP contribution in [-0.4, -0.2) is 26.2 Å². The van der Waals surface area contributed by atoms with Gasteiger partial charge in [-0.05, 0) is 19.4 Å². The summed E-state index contributed by atoms with van der Waals surface area (Å²) in [5.41, 5.74) is 3.31. The molecule has 2 heterocycles. The molecule has 5 nitrogen and oxygen atoms in total. The van der Waals surface area contributed by atoms with Crippen molar-refractivity contribution in [2.24, 2.45) is 0 Å². The van der Waals surface area contributed by atoms with Gasteiger partial charge >= 0.3 is 0 Å². The molecule has 1 N–H and O–H groups in total. The summed E-state index contributed by atoms with van der Waals surface area (Å²) in [6.07, 6.45) is 4.72. The topological polar surface area (TPSA) is 47.7 Å². The van der Waals surface area contributed by atoms with Crippen molar-refractivity contribution in [1.82, 2.24) is 24.9 Å². The first-order chi connectivity index (χ1) is 9.72. The highest BCUT2D eigenvalue weighted by atomic mass is 19.1. The third-order valence-corrected chi connectivity index (χ3v) is 3.06. The average molecular weight is 279 g/mol. The van der Waals surface area contributed by atoms with Gasteiger partial charge in [0.1, 0.15) is 6.67 Å². The van der Waals surface area contributed by atoms with E-state index in [-0.39, 0.29) is 6.67 Å². The Kier molecular flexibility index (Phi) is 5.29. The molecule has 0 unspecified atom stereocenters. The van der Waals surface area contributed by atoms with Crippen molar-refractivity contribution in [1.29, 1.82) is 0 Å². The van der Waals surface area contributed by atoms with E-state index in [9.17, 15) is 4.39 Å². The zero-order valence-electron chi connectivity index (χ0n) is 12.1. The lowest BCUT2D eigenvalue weighted by molar-refractivity contribution is 0.427. The molecule has 110 valence electrons. The van der Waals surface area contributed by atoms with Crippen LogP contribution in [0.25, 0.3) is 0 Å². The molecule has 0 amide bonds. The predicted octanol–water partition coefficient (Wildman–Crippen LogP) is 2.06. The summed E-state index contributed by atoms with van der Waals surface area (Å²) in [6, 6.07) is 2.11. The van der Waals surface area contributed by atoms with E-state index in [1.807, 2.05) is 13.1 Å². The molecule has 0 radical (unpaired) electrons. The number of halogens is 1. The normalized spacial score (nSPS) is 11.2. The van der Waals surface area contributed by atoms with E-state index in [0.29, 0.717) is 6.54 Å². The van der Waals surface area contributed by atoms with Crippen molar-refractivity contribution in [3.8, 4) is 0 Å². The fourth-order valence-electron chi connectivity index (χ4n) is 2.19. The van der Waals surface area contributed by atoms with E-state index in [4.69, 9.17) is 0 Å². The van der Waals surface area contributed by atoms with Crippen LogP contribution in [0, 0.1) is 6.92 Å². The van der Waals surface area contributed by atoms with Gasteiger partial charge in [-0.3, -0.25) is 9.36 Å². The maximum absolute atomic E-state index is 12.2. The Balaban J connectivity index is 1.85. The number of hydrogen-bond acceptors (Lipinski definition) is 3. The minimum absolute atomic E-state index is 0.322. The third-order valence-electron chi connectivity index (χ3n) is 3.06. The molecule has 2 aromatic rings. The minimum Gasteiger partial charge on any atom is -0.307 e. The second-order valence-corrected chi connectivity index (χ2v) is 4.90. The number of rotatable bonds is 8. The second-order valence-electron chi connectivity index (χ2n) is 4.90. The first-order valence-electron chi connectivity index (χ1n) is 7.04. The SMILES string of the molecule is CCCn1nc(C)cc1CNCc1cnn(CCF)c1. The Bertz CT molecular complexity index is 531. The van der Waals surface area contributed by atoms with Gasteiger partial charge < -0.3 is 5.32 Å². The molecule has 0 aliphatic carbocycles. The van der Waals surface area contributed by atoms with Crippen molar-refractivity contribution in [2.75, 3.05) is 6.67 Å². The molecule has 0 spiro atoms. The van der Waals surface area contributed by atoms with E-state index in [0.717, 1.165) is 37.3 Å². The van der Waals surface area contributed by atoms with Gasteiger partial charge in [0.25, 0.3) is 0 Å². The monoisotopic (exact) mass is 279 g/mol. The van der Waals surface area contributed by atoms with Crippen LogP contribution < -0.4 is 5.32 Å². The molecule has 0 saturated heterocycles. The van der Waals surface area contributed by atoms with Gasteiger partial charge in [0, 0.05) is 31.4 Å². The number of aromatic nitrogens is 4. The van der Waals surface area contributed by atoms with Gasteiger partial charge in [-0.15, -0.1) is 0 Å². The molecule has 0 saturated carbocycles. The Hall–Kier alpha value is -1.69. The lowest BCUT2D eigenvalue weighted by Gasteiger charge is -2.06. The van der Waals surface area contributed by atoms with Gasteiger partial charge in [0.2, 0.25) is 0 Å². The summed E-state index contributed by atoms with van der Waals surface area (Å²) >= 11 is 0. The molecular weight excluding hydrogens is 257 g/mol. The first-order valence-corrected chi connectivity index (χ1v) is 7.04. The van der Waals surface area contributed by atoms with E-state index >= 15 is 0 Å². The molecule has 6 heteroatoms. The van der Waals surface area contributed by atoms with Crippen LogP contribution in [-0.2, 0) is 26.2 Å². The Morgan fingerprint density at radius 1 is 1.30 bits per heavy atom. The Morgan fingerprint density at radius 3 is 2.90 bits per heavy atom. The molecule has 2 aromatic heterocycles. The van der Waals surface area contributed by atoms with Gasteiger partial charge in [-0.2, -0.15) is 10.2 Å². The van der Waals surface area contributed by atoms with E-state index < -0.39 is 0 Å². The quantitative estimate of drug-likeness (QED) is 0.804. The highest BCUT2D eigenvalue weighted by molar-refractivity contribution is 5.09. The lowest BCUT2D eigenvalue weighted by Crippen LogP contribution is -2.16. The molecule has 0 bridgehead atoms. The minimum atomic E-state index is -0.385. The predicted molar refractivity (Wildman–Crippen MR) is 76.0 cm³/mol.